The van der Waals surface area contributed by atoms with Gasteiger partial charge >= 0.3 is 0 Å². The van der Waals surface area contributed by atoms with Gasteiger partial charge in [-0.3, -0.25) is 4.79 Å². The summed E-state index contributed by atoms with van der Waals surface area (Å²) in [5.74, 6) is 1.99. The molecule has 3 unspecified atom stereocenters. The van der Waals surface area contributed by atoms with Crippen LogP contribution in [0.5, 0.6) is 0 Å². The highest BCUT2D eigenvalue weighted by Crippen LogP contribution is 2.40. The van der Waals surface area contributed by atoms with Crippen molar-refractivity contribution in [3.8, 4) is 0 Å². The molecule has 1 fully saturated rings. The largest absolute Gasteiger partial charge is 0.353 e. The molecule has 3 atom stereocenters. The lowest BCUT2D eigenvalue weighted by molar-refractivity contribution is -0.126. The first-order chi connectivity index (χ1) is 15.5. The maximum Gasteiger partial charge on any atom is 0.246 e. The van der Waals surface area contributed by atoms with Crippen LogP contribution in [0.4, 0.5) is 5.82 Å². The molecule has 2 aliphatic rings. The van der Waals surface area contributed by atoms with Crippen LogP contribution in [0, 0.1) is 12.8 Å². The number of aryl methyl sites for hydroxylation is 1. The maximum absolute atomic E-state index is 11.9. The number of halogens is 1. The minimum absolute atomic E-state index is 0.00721. The molecule has 1 aromatic heterocycles. The van der Waals surface area contributed by atoms with Gasteiger partial charge in [0, 0.05) is 37.4 Å². The van der Waals surface area contributed by atoms with Gasteiger partial charge in [0.1, 0.15) is 12.1 Å². The number of piperazine rings is 1. The van der Waals surface area contributed by atoms with Crippen molar-refractivity contribution >= 4 is 40.2 Å². The Bertz CT molecular complexity index is 994. The number of carbonyl (C=O) groups excluding carboxylic acids is 1. The van der Waals surface area contributed by atoms with Crippen molar-refractivity contribution in [3.05, 3.63) is 65.1 Å². The molecule has 1 aromatic carbocycles. The summed E-state index contributed by atoms with van der Waals surface area (Å²) in [7, 11) is 0. The number of carbonyl (C=O) groups is 1. The standard InChI is InChI=1S/C24H30IN4O2P/c1-4-23(30)28-7-9-29(10-8-28)24-21-11-17(3)20(13-22(21)26-15-27-24)19-12-18(14-31-32-25)6-5-16(19)2/h4-6,12,15,17,20,32H,1,7-11,13-14H2,2-3H3. The van der Waals surface area contributed by atoms with Gasteiger partial charge in [-0.1, -0.05) is 31.7 Å². The second-order valence-corrected chi connectivity index (χ2v) is 10.5. The van der Waals surface area contributed by atoms with Crippen LogP contribution in [-0.2, 0) is 28.8 Å². The summed E-state index contributed by atoms with van der Waals surface area (Å²) in [4.78, 5) is 25.5. The average Bonchev–Trinajstić information content (AvgIpc) is 2.82. The normalized spacial score (nSPS) is 21.1. The summed E-state index contributed by atoms with van der Waals surface area (Å²) >= 11 is 2.27. The Hall–Kier alpha value is -1.57. The number of fused-ring (bicyclic) bond motifs is 1. The third-order valence-electron chi connectivity index (χ3n) is 6.74. The molecule has 1 aliphatic heterocycles. The Morgan fingerprint density at radius 2 is 2.06 bits per heavy atom. The summed E-state index contributed by atoms with van der Waals surface area (Å²) in [5.41, 5.74) is 6.43. The summed E-state index contributed by atoms with van der Waals surface area (Å²) < 4.78 is 5.66. The topological polar surface area (TPSA) is 58.6 Å². The highest BCUT2D eigenvalue weighted by atomic mass is 127. The van der Waals surface area contributed by atoms with Gasteiger partial charge in [-0.15, -0.1) is 0 Å². The van der Waals surface area contributed by atoms with Crippen LogP contribution in [0.15, 0.2) is 37.2 Å². The molecule has 2 aromatic rings. The van der Waals surface area contributed by atoms with E-state index in [1.165, 1.54) is 28.3 Å². The lowest BCUT2D eigenvalue weighted by atomic mass is 9.74. The number of nitrogens with zero attached hydrogens (tertiary/aromatic N) is 4. The summed E-state index contributed by atoms with van der Waals surface area (Å²) in [6.07, 6.45) is 5.01. The fourth-order valence-electron chi connectivity index (χ4n) is 4.94. The van der Waals surface area contributed by atoms with Crippen molar-refractivity contribution in [3.63, 3.8) is 0 Å². The number of benzene rings is 1. The van der Waals surface area contributed by atoms with Gasteiger partial charge in [-0.2, -0.15) is 0 Å². The molecular weight excluding hydrogens is 534 g/mol. The van der Waals surface area contributed by atoms with Crippen LogP contribution in [0.25, 0.3) is 0 Å². The minimum atomic E-state index is 0.00721. The van der Waals surface area contributed by atoms with E-state index in [0.717, 1.165) is 37.4 Å². The molecule has 0 radical (unpaired) electrons. The van der Waals surface area contributed by atoms with Gasteiger partial charge in [0.15, 0.2) is 0 Å². The molecule has 170 valence electrons. The summed E-state index contributed by atoms with van der Waals surface area (Å²) in [6, 6.07) is 6.73. The predicted octanol–water partition coefficient (Wildman–Crippen LogP) is 4.60. The number of amides is 1. The first kappa shape index (κ1) is 23.6. The van der Waals surface area contributed by atoms with Crippen molar-refractivity contribution < 1.29 is 9.32 Å². The number of anilines is 1. The van der Waals surface area contributed by atoms with E-state index in [2.05, 4.69) is 70.6 Å². The molecule has 32 heavy (non-hydrogen) atoms. The minimum Gasteiger partial charge on any atom is -0.353 e. The Kier molecular flexibility index (Phi) is 7.79. The zero-order chi connectivity index (χ0) is 22.7. The third-order valence-corrected chi connectivity index (χ3v) is 7.93. The number of aromatic nitrogens is 2. The SMILES string of the molecule is C=CC(=O)N1CCN(c2ncnc3c2CC(C)C(c2cc(COPI)ccc2C)C3)CC1. The van der Waals surface area contributed by atoms with Crippen LogP contribution in [0.2, 0.25) is 0 Å². The monoisotopic (exact) mass is 564 g/mol. The molecule has 1 amide bonds. The van der Waals surface area contributed by atoms with Crippen molar-refractivity contribution in [2.75, 3.05) is 31.1 Å². The zero-order valence-electron chi connectivity index (χ0n) is 18.7. The summed E-state index contributed by atoms with van der Waals surface area (Å²) in [5, 5.41) is 0. The highest BCUT2D eigenvalue weighted by Gasteiger charge is 2.32. The molecule has 1 aliphatic carbocycles. The Morgan fingerprint density at radius 3 is 2.78 bits per heavy atom. The molecule has 2 heterocycles. The van der Waals surface area contributed by atoms with E-state index in [1.807, 2.05) is 4.90 Å². The average molecular weight is 564 g/mol. The van der Waals surface area contributed by atoms with Gasteiger partial charge in [-0.05, 0) is 76.4 Å². The molecule has 8 heteroatoms. The van der Waals surface area contributed by atoms with E-state index in [0.29, 0.717) is 38.0 Å². The number of rotatable bonds is 6. The fraction of sp³-hybridized carbons (Fsp3) is 0.458. The van der Waals surface area contributed by atoms with E-state index >= 15 is 0 Å². The van der Waals surface area contributed by atoms with E-state index in [-0.39, 0.29) is 5.91 Å². The molecule has 0 saturated carbocycles. The summed E-state index contributed by atoms with van der Waals surface area (Å²) in [6.45, 7) is 12.3. The van der Waals surface area contributed by atoms with E-state index in [9.17, 15) is 4.79 Å². The number of hydrogen-bond donors (Lipinski definition) is 0. The quantitative estimate of drug-likeness (QED) is 0.292. The van der Waals surface area contributed by atoms with Crippen molar-refractivity contribution in [1.82, 2.24) is 14.9 Å². The smallest absolute Gasteiger partial charge is 0.246 e. The molecule has 1 saturated heterocycles. The number of hydrogen-bond acceptors (Lipinski definition) is 5. The third kappa shape index (κ3) is 5.00. The predicted molar refractivity (Wildman–Crippen MR) is 139 cm³/mol. The maximum atomic E-state index is 11.9. The molecule has 4 rings (SSSR count). The molecule has 0 bridgehead atoms. The van der Waals surface area contributed by atoms with Crippen molar-refractivity contribution in [1.29, 1.82) is 0 Å². The van der Waals surface area contributed by atoms with Crippen molar-refractivity contribution in [2.24, 2.45) is 5.92 Å². The molecule has 0 N–H and O–H groups in total. The van der Waals surface area contributed by atoms with Gasteiger partial charge in [0.05, 0.1) is 13.1 Å². The van der Waals surface area contributed by atoms with Gasteiger partial charge in [0.25, 0.3) is 0 Å². The second-order valence-electron chi connectivity index (χ2n) is 8.69. The van der Waals surface area contributed by atoms with Gasteiger partial charge in [-0.25, -0.2) is 9.97 Å². The fourth-order valence-corrected chi connectivity index (χ4v) is 5.63. The van der Waals surface area contributed by atoms with Crippen LogP contribution < -0.4 is 4.90 Å². The first-order valence-corrected chi connectivity index (χ1v) is 15.1. The zero-order valence-corrected chi connectivity index (χ0v) is 21.8. The van der Waals surface area contributed by atoms with Gasteiger partial charge < -0.3 is 14.3 Å². The highest BCUT2D eigenvalue weighted by molar-refractivity contribution is 14.2. The molecule has 6 nitrogen and oxygen atoms in total. The van der Waals surface area contributed by atoms with Crippen LogP contribution in [-0.4, -0.2) is 47.0 Å². The second kappa shape index (κ2) is 10.6. The van der Waals surface area contributed by atoms with Crippen LogP contribution >= 0.6 is 28.5 Å². The van der Waals surface area contributed by atoms with E-state index in [1.54, 1.807) is 6.33 Å². The molecular formula is C24H30IN4O2P. The van der Waals surface area contributed by atoms with Gasteiger partial charge in [0.2, 0.25) is 5.91 Å². The van der Waals surface area contributed by atoms with E-state index < -0.39 is 0 Å². The Labute approximate surface area is 205 Å². The van der Waals surface area contributed by atoms with Crippen LogP contribution in [0.3, 0.4) is 0 Å². The lowest BCUT2D eigenvalue weighted by Gasteiger charge is -2.38. The Morgan fingerprint density at radius 1 is 1.28 bits per heavy atom. The van der Waals surface area contributed by atoms with Crippen LogP contribution in [0.1, 0.15) is 40.8 Å². The first-order valence-electron chi connectivity index (χ1n) is 11.1. The van der Waals surface area contributed by atoms with Crippen molar-refractivity contribution in [2.45, 2.75) is 39.2 Å². The lowest BCUT2D eigenvalue weighted by Crippen LogP contribution is -2.49. The van der Waals surface area contributed by atoms with E-state index in [4.69, 9.17) is 9.51 Å². The Balaban J connectivity index is 1.55. The molecule has 0 spiro atoms.